The van der Waals surface area contributed by atoms with Crippen molar-refractivity contribution in [2.45, 2.75) is 39.7 Å². The first-order valence-electron chi connectivity index (χ1n) is 7.10. The molecule has 0 fully saturated rings. The van der Waals surface area contributed by atoms with Gasteiger partial charge in [0, 0.05) is 6.20 Å². The van der Waals surface area contributed by atoms with Gasteiger partial charge >= 0.3 is 5.97 Å². The fourth-order valence-corrected chi connectivity index (χ4v) is 2.17. The number of esters is 1. The quantitative estimate of drug-likeness (QED) is 0.806. The minimum absolute atomic E-state index is 0.283. The molecule has 3 nitrogen and oxygen atoms in total. The third kappa shape index (κ3) is 3.50. The van der Waals surface area contributed by atoms with Gasteiger partial charge in [-0.15, -0.1) is 0 Å². The molecular weight excluding hydrogens is 250 g/mol. The zero-order chi connectivity index (χ0) is 14.4. The van der Waals surface area contributed by atoms with Crippen LogP contribution in [0.1, 0.15) is 46.9 Å². The van der Waals surface area contributed by atoms with Gasteiger partial charge in [0.25, 0.3) is 0 Å². The van der Waals surface area contributed by atoms with Gasteiger partial charge in [0.05, 0.1) is 0 Å². The fourth-order valence-electron chi connectivity index (χ4n) is 2.17. The Morgan fingerprint density at radius 1 is 1.25 bits per heavy atom. The van der Waals surface area contributed by atoms with E-state index < -0.39 is 0 Å². The predicted molar refractivity (Wildman–Crippen MR) is 79.7 cm³/mol. The summed E-state index contributed by atoms with van der Waals surface area (Å²) in [6.45, 7) is 4.44. The normalized spacial score (nSPS) is 10.5. The van der Waals surface area contributed by atoms with E-state index in [1.165, 1.54) is 5.56 Å². The molecular formula is C17H21NO2. The summed E-state index contributed by atoms with van der Waals surface area (Å²) in [5, 5.41) is 0. The molecule has 0 unspecified atom stereocenters. The molecule has 0 aliphatic rings. The van der Waals surface area contributed by atoms with Crippen LogP contribution in [0.15, 0.2) is 36.5 Å². The zero-order valence-electron chi connectivity index (χ0n) is 12.1. The second kappa shape index (κ2) is 6.94. The molecule has 0 atom stereocenters. The zero-order valence-corrected chi connectivity index (χ0v) is 12.1. The molecule has 0 amide bonds. The van der Waals surface area contributed by atoms with Crippen LogP contribution in [0.4, 0.5) is 0 Å². The van der Waals surface area contributed by atoms with Crippen LogP contribution in [0.2, 0.25) is 0 Å². The first-order valence-corrected chi connectivity index (χ1v) is 7.10. The maximum absolute atomic E-state index is 12.1. The van der Waals surface area contributed by atoms with E-state index in [-0.39, 0.29) is 5.97 Å². The van der Waals surface area contributed by atoms with E-state index in [4.69, 9.17) is 4.74 Å². The van der Waals surface area contributed by atoms with Crippen molar-refractivity contribution in [3.05, 3.63) is 58.9 Å². The highest BCUT2D eigenvalue weighted by Gasteiger charge is 2.15. The van der Waals surface area contributed by atoms with Gasteiger partial charge in [-0.1, -0.05) is 43.7 Å². The van der Waals surface area contributed by atoms with E-state index in [1.54, 1.807) is 0 Å². The molecule has 1 aromatic heterocycles. The van der Waals surface area contributed by atoms with Crippen LogP contribution in [0.3, 0.4) is 0 Å². The molecule has 0 radical (unpaired) electrons. The molecule has 1 heterocycles. The largest absolute Gasteiger partial charge is 0.456 e. The van der Waals surface area contributed by atoms with E-state index in [0.29, 0.717) is 12.3 Å². The van der Waals surface area contributed by atoms with E-state index >= 15 is 0 Å². The molecule has 20 heavy (non-hydrogen) atoms. The topological polar surface area (TPSA) is 42.1 Å². The van der Waals surface area contributed by atoms with Gasteiger partial charge in [-0.05, 0) is 36.5 Å². The van der Waals surface area contributed by atoms with Gasteiger partial charge in [-0.25, -0.2) is 4.79 Å². The average molecular weight is 271 g/mol. The number of benzene rings is 1. The Hall–Kier alpha value is -2.03. The first-order chi connectivity index (χ1) is 9.72. The molecule has 106 valence electrons. The summed E-state index contributed by atoms with van der Waals surface area (Å²) >= 11 is 0. The number of carbonyl (C=O) groups excluding carboxylic acids is 1. The molecule has 0 saturated carbocycles. The summed E-state index contributed by atoms with van der Waals surface area (Å²) in [5.74, 6) is -0.283. The highest BCUT2D eigenvalue weighted by atomic mass is 16.5. The van der Waals surface area contributed by atoms with Crippen LogP contribution in [-0.2, 0) is 17.8 Å². The van der Waals surface area contributed by atoms with Crippen molar-refractivity contribution in [2.75, 3.05) is 0 Å². The Bertz CT molecular complexity index is 558. The van der Waals surface area contributed by atoms with Gasteiger partial charge in [-0.2, -0.15) is 0 Å². The molecule has 2 aromatic rings. The maximum atomic E-state index is 12.1. The average Bonchev–Trinajstić information content (AvgIpc) is 2.85. The number of hydrogen-bond donors (Lipinski definition) is 1. The summed E-state index contributed by atoms with van der Waals surface area (Å²) in [6.07, 6.45) is 5.21. The lowest BCUT2D eigenvalue weighted by atomic mass is 10.1. The standard InChI is InChI=1S/C17H21NO2/c1-3-4-10-15-11-18-16(13(15)2)17(19)20-12-14-8-6-5-7-9-14/h5-9,11,18H,3-4,10,12H2,1-2H3. The van der Waals surface area contributed by atoms with Crippen LogP contribution in [-0.4, -0.2) is 11.0 Å². The molecule has 0 saturated heterocycles. The predicted octanol–water partition coefficient (Wildman–Crippen LogP) is 4.02. The number of aromatic amines is 1. The Morgan fingerprint density at radius 2 is 2.00 bits per heavy atom. The minimum Gasteiger partial charge on any atom is -0.456 e. The number of H-pyrrole nitrogens is 1. The Balaban J connectivity index is 1.97. The van der Waals surface area contributed by atoms with Crippen molar-refractivity contribution in [1.29, 1.82) is 0 Å². The highest BCUT2D eigenvalue weighted by molar-refractivity contribution is 5.89. The van der Waals surface area contributed by atoms with Crippen LogP contribution >= 0.6 is 0 Å². The summed E-state index contributed by atoms with van der Waals surface area (Å²) < 4.78 is 5.34. The van der Waals surface area contributed by atoms with Gasteiger partial charge in [0.1, 0.15) is 12.3 Å². The third-order valence-corrected chi connectivity index (χ3v) is 3.46. The lowest BCUT2D eigenvalue weighted by Gasteiger charge is -2.05. The smallest absolute Gasteiger partial charge is 0.355 e. The van der Waals surface area contributed by atoms with E-state index in [1.807, 2.05) is 43.5 Å². The second-order valence-electron chi connectivity index (χ2n) is 4.98. The molecule has 1 N–H and O–H groups in total. The van der Waals surface area contributed by atoms with Crippen molar-refractivity contribution in [3.63, 3.8) is 0 Å². The summed E-state index contributed by atoms with van der Waals surface area (Å²) in [4.78, 5) is 15.1. The van der Waals surface area contributed by atoms with Gasteiger partial charge in [-0.3, -0.25) is 0 Å². The Kier molecular flexibility index (Phi) is 4.99. The number of nitrogens with one attached hydrogen (secondary N) is 1. The van der Waals surface area contributed by atoms with Crippen molar-refractivity contribution in [3.8, 4) is 0 Å². The summed E-state index contributed by atoms with van der Waals surface area (Å²) in [7, 11) is 0. The molecule has 0 spiro atoms. The summed E-state index contributed by atoms with van der Waals surface area (Å²) in [5.41, 5.74) is 3.79. The van der Waals surface area contributed by atoms with E-state index in [0.717, 1.165) is 30.4 Å². The maximum Gasteiger partial charge on any atom is 0.355 e. The number of hydrogen-bond acceptors (Lipinski definition) is 2. The number of aryl methyl sites for hydroxylation is 1. The van der Waals surface area contributed by atoms with E-state index in [2.05, 4.69) is 11.9 Å². The minimum atomic E-state index is -0.283. The third-order valence-electron chi connectivity index (χ3n) is 3.46. The Morgan fingerprint density at radius 3 is 2.70 bits per heavy atom. The molecule has 0 aliphatic carbocycles. The molecule has 0 aliphatic heterocycles. The van der Waals surface area contributed by atoms with E-state index in [9.17, 15) is 4.79 Å². The summed E-state index contributed by atoms with van der Waals surface area (Å²) in [6, 6.07) is 9.71. The molecule has 0 bridgehead atoms. The van der Waals surface area contributed by atoms with Gasteiger partial charge in [0.2, 0.25) is 0 Å². The van der Waals surface area contributed by atoms with Crippen molar-refractivity contribution in [2.24, 2.45) is 0 Å². The lowest BCUT2D eigenvalue weighted by Crippen LogP contribution is -2.07. The number of unbranched alkanes of at least 4 members (excludes halogenated alkanes) is 1. The SMILES string of the molecule is CCCCc1c[nH]c(C(=O)OCc2ccccc2)c1C. The molecule has 3 heteroatoms. The number of ether oxygens (including phenoxy) is 1. The lowest BCUT2D eigenvalue weighted by molar-refractivity contribution is 0.0465. The van der Waals surface area contributed by atoms with Crippen LogP contribution in [0, 0.1) is 6.92 Å². The van der Waals surface area contributed by atoms with Crippen LogP contribution in [0.5, 0.6) is 0 Å². The number of carbonyl (C=O) groups is 1. The van der Waals surface area contributed by atoms with Crippen molar-refractivity contribution >= 4 is 5.97 Å². The van der Waals surface area contributed by atoms with Crippen LogP contribution < -0.4 is 0 Å². The molecule has 2 rings (SSSR count). The van der Waals surface area contributed by atoms with Crippen molar-refractivity contribution < 1.29 is 9.53 Å². The monoisotopic (exact) mass is 271 g/mol. The first kappa shape index (κ1) is 14.4. The Labute approximate surface area is 120 Å². The second-order valence-corrected chi connectivity index (χ2v) is 4.98. The van der Waals surface area contributed by atoms with Gasteiger partial charge in [0.15, 0.2) is 0 Å². The fraction of sp³-hybridized carbons (Fsp3) is 0.353. The molecule has 1 aromatic carbocycles. The number of rotatable bonds is 6. The van der Waals surface area contributed by atoms with Gasteiger partial charge < -0.3 is 9.72 Å². The van der Waals surface area contributed by atoms with Crippen molar-refractivity contribution in [1.82, 2.24) is 4.98 Å². The number of aromatic nitrogens is 1. The van der Waals surface area contributed by atoms with Crippen LogP contribution in [0.25, 0.3) is 0 Å². The highest BCUT2D eigenvalue weighted by Crippen LogP contribution is 2.17.